The summed E-state index contributed by atoms with van der Waals surface area (Å²) in [6, 6.07) is 0. The molecule has 6 aliphatic rings. The number of rotatable bonds is 8. The number of ketones is 1. The van der Waals surface area contributed by atoms with E-state index >= 15 is 0 Å². The van der Waals surface area contributed by atoms with Gasteiger partial charge in [0.15, 0.2) is 12.1 Å². The van der Waals surface area contributed by atoms with Crippen LogP contribution in [0.25, 0.3) is 0 Å². The molecule has 9 nitrogen and oxygen atoms in total. The average Bonchev–Trinajstić information content (AvgIpc) is 3.57. The van der Waals surface area contributed by atoms with Crippen molar-refractivity contribution >= 4 is 5.78 Å². The maximum Gasteiger partial charge on any atom is 0.187 e. The van der Waals surface area contributed by atoms with E-state index in [9.17, 15) is 35.4 Å². The SMILES string of the molecule is C[C@H](CC[C@H](O)C(C)(C)O[C@@H]1O[C@H](CO)[C@@H](O)[C@H](O)[C@H]1O)[C@H]1CC[C@@]2(C)[C@@H]3[C@@H](O)C[C@H]4C(C)(C)C=CC(=O)[C@@]45C[C@@]35CC[C@]12C. The fourth-order valence-corrected chi connectivity index (χ4v) is 12.1. The Morgan fingerprint density at radius 3 is 2.36 bits per heavy atom. The van der Waals surface area contributed by atoms with E-state index in [0.29, 0.717) is 30.5 Å². The van der Waals surface area contributed by atoms with E-state index in [-0.39, 0.29) is 38.9 Å². The summed E-state index contributed by atoms with van der Waals surface area (Å²) in [5, 5.41) is 63.5. The summed E-state index contributed by atoms with van der Waals surface area (Å²) in [6.45, 7) is 14.4. The zero-order chi connectivity index (χ0) is 33.1. The topological polar surface area (TPSA) is 157 Å². The van der Waals surface area contributed by atoms with Crippen LogP contribution in [-0.2, 0) is 14.3 Å². The third-order valence-corrected chi connectivity index (χ3v) is 14.9. The lowest BCUT2D eigenvalue weighted by atomic mass is 9.41. The molecule has 5 aliphatic carbocycles. The van der Waals surface area contributed by atoms with Gasteiger partial charge in [0.05, 0.1) is 24.4 Å². The Hall–Kier alpha value is -0.910. The molecule has 1 saturated heterocycles. The summed E-state index contributed by atoms with van der Waals surface area (Å²) >= 11 is 0. The lowest BCUT2D eigenvalue weighted by molar-refractivity contribution is -0.331. The molecule has 5 fully saturated rings. The summed E-state index contributed by atoms with van der Waals surface area (Å²) in [5.74, 6) is 1.32. The van der Waals surface area contributed by atoms with Gasteiger partial charge in [0.2, 0.25) is 0 Å². The van der Waals surface area contributed by atoms with Gasteiger partial charge < -0.3 is 40.1 Å². The van der Waals surface area contributed by atoms with Crippen LogP contribution in [-0.4, -0.2) is 91.5 Å². The molecule has 15 atom stereocenters. The smallest absolute Gasteiger partial charge is 0.187 e. The summed E-state index contributed by atoms with van der Waals surface area (Å²) in [6.07, 6.45) is 2.66. The molecule has 0 aromatic rings. The Morgan fingerprint density at radius 1 is 1.00 bits per heavy atom. The van der Waals surface area contributed by atoms with E-state index in [1.54, 1.807) is 13.8 Å². The number of hydrogen-bond acceptors (Lipinski definition) is 9. The summed E-state index contributed by atoms with van der Waals surface area (Å²) < 4.78 is 11.5. The largest absolute Gasteiger partial charge is 0.394 e. The van der Waals surface area contributed by atoms with Gasteiger partial charge in [-0.1, -0.05) is 40.7 Å². The second-order valence-corrected chi connectivity index (χ2v) is 17.6. The standard InChI is InChI=1S/C36H58O9/c1-19(8-9-24(39)32(4,5)45-30-28(43)27(42)26(41)22(17-37)44-30)20-10-13-34(7)29-21(38)16-23-31(2,3)12-11-25(40)36(23)18-35(29,36)15-14-33(20,34)6/h11-12,19-24,26-30,37-39,41-43H,8-10,13-18H2,1-7H3/t19-,20-,21+,22-,23+,24+,26-,27+,28-,29+,30+,33-,34+,35+,36-/m1/s1. The summed E-state index contributed by atoms with van der Waals surface area (Å²) in [7, 11) is 0. The fourth-order valence-electron chi connectivity index (χ4n) is 12.1. The summed E-state index contributed by atoms with van der Waals surface area (Å²) in [4.78, 5) is 13.7. The van der Waals surface area contributed by atoms with Crippen LogP contribution in [0.2, 0.25) is 0 Å². The number of aliphatic hydroxyl groups is 6. The lowest BCUT2D eigenvalue weighted by Gasteiger charge is -2.63. The quantitative estimate of drug-likeness (QED) is 0.236. The van der Waals surface area contributed by atoms with E-state index < -0.39 is 55.1 Å². The fraction of sp³-hybridized carbons (Fsp3) is 0.917. The van der Waals surface area contributed by atoms with Crippen LogP contribution >= 0.6 is 0 Å². The van der Waals surface area contributed by atoms with Gasteiger partial charge in [-0.2, -0.15) is 0 Å². The number of ether oxygens (including phenoxy) is 2. The van der Waals surface area contributed by atoms with Crippen LogP contribution in [0.5, 0.6) is 0 Å². The van der Waals surface area contributed by atoms with Gasteiger partial charge in [0.25, 0.3) is 0 Å². The first-order valence-electron chi connectivity index (χ1n) is 17.4. The van der Waals surface area contributed by atoms with Gasteiger partial charge in [0, 0.05) is 5.41 Å². The molecule has 0 aromatic carbocycles. The molecule has 0 amide bonds. The predicted molar refractivity (Wildman–Crippen MR) is 167 cm³/mol. The van der Waals surface area contributed by atoms with Crippen molar-refractivity contribution in [3.8, 4) is 0 Å². The Kier molecular flexibility index (Phi) is 8.15. The molecule has 9 heteroatoms. The Bertz CT molecular complexity index is 1200. The zero-order valence-electron chi connectivity index (χ0n) is 28.3. The molecule has 1 aliphatic heterocycles. The molecule has 0 bridgehead atoms. The number of carbonyl (C=O) groups excluding carboxylic acids is 1. The van der Waals surface area contributed by atoms with Crippen molar-refractivity contribution in [1.29, 1.82) is 0 Å². The van der Waals surface area contributed by atoms with E-state index in [1.807, 2.05) is 6.08 Å². The van der Waals surface area contributed by atoms with Crippen LogP contribution in [0.3, 0.4) is 0 Å². The molecular weight excluding hydrogens is 576 g/mol. The van der Waals surface area contributed by atoms with Crippen molar-refractivity contribution < 1.29 is 44.9 Å². The van der Waals surface area contributed by atoms with E-state index in [0.717, 1.165) is 38.5 Å². The Balaban J connectivity index is 1.14. The first-order chi connectivity index (χ1) is 20.8. The number of fused-ring (bicyclic) bond motifs is 2. The van der Waals surface area contributed by atoms with Crippen LogP contribution < -0.4 is 0 Å². The van der Waals surface area contributed by atoms with Gasteiger partial charge >= 0.3 is 0 Å². The highest BCUT2D eigenvalue weighted by molar-refractivity contribution is 6.00. The van der Waals surface area contributed by atoms with Crippen molar-refractivity contribution in [3.63, 3.8) is 0 Å². The maximum absolute atomic E-state index is 13.7. The highest BCUT2D eigenvalue weighted by Crippen LogP contribution is 2.87. The number of aliphatic hydroxyl groups excluding tert-OH is 6. The highest BCUT2D eigenvalue weighted by atomic mass is 16.7. The van der Waals surface area contributed by atoms with E-state index in [4.69, 9.17) is 9.47 Å². The van der Waals surface area contributed by atoms with Gasteiger partial charge in [-0.05, 0) is 117 Å². The minimum atomic E-state index is -1.54. The van der Waals surface area contributed by atoms with Gasteiger partial charge in [-0.3, -0.25) is 4.79 Å². The van der Waals surface area contributed by atoms with Crippen molar-refractivity contribution in [3.05, 3.63) is 12.2 Å². The molecule has 2 spiro atoms. The molecule has 45 heavy (non-hydrogen) atoms. The summed E-state index contributed by atoms with van der Waals surface area (Å²) in [5.41, 5.74) is -1.72. The van der Waals surface area contributed by atoms with Crippen LogP contribution in [0, 0.1) is 50.7 Å². The third kappa shape index (κ3) is 4.58. The second kappa shape index (κ2) is 10.8. The molecule has 256 valence electrons. The second-order valence-electron chi connectivity index (χ2n) is 17.6. The Morgan fingerprint density at radius 2 is 1.69 bits per heavy atom. The van der Waals surface area contributed by atoms with Crippen LogP contribution in [0.4, 0.5) is 0 Å². The zero-order valence-corrected chi connectivity index (χ0v) is 28.3. The van der Waals surface area contributed by atoms with Crippen molar-refractivity contribution in [2.45, 2.75) is 148 Å². The first-order valence-corrected chi connectivity index (χ1v) is 17.4. The van der Waals surface area contributed by atoms with E-state index in [1.165, 1.54) is 0 Å². The molecule has 0 unspecified atom stereocenters. The molecule has 6 N–H and O–H groups in total. The molecule has 1 heterocycles. The lowest BCUT2D eigenvalue weighted by Crippen LogP contribution is -2.61. The van der Waals surface area contributed by atoms with Crippen molar-refractivity contribution in [1.82, 2.24) is 0 Å². The Labute approximate surface area is 268 Å². The molecule has 4 saturated carbocycles. The molecule has 6 rings (SSSR count). The monoisotopic (exact) mass is 634 g/mol. The number of carbonyl (C=O) groups is 1. The van der Waals surface area contributed by atoms with Crippen LogP contribution in [0.1, 0.15) is 99.8 Å². The van der Waals surface area contributed by atoms with E-state index in [2.05, 4.69) is 40.7 Å². The van der Waals surface area contributed by atoms with Crippen molar-refractivity contribution in [2.75, 3.05) is 6.61 Å². The van der Waals surface area contributed by atoms with Crippen molar-refractivity contribution in [2.24, 2.45) is 50.7 Å². The van der Waals surface area contributed by atoms with Crippen LogP contribution in [0.15, 0.2) is 12.2 Å². The highest BCUT2D eigenvalue weighted by Gasteiger charge is 2.85. The maximum atomic E-state index is 13.7. The third-order valence-electron chi connectivity index (χ3n) is 14.9. The number of allylic oxidation sites excluding steroid dienone is 2. The minimum absolute atomic E-state index is 0.0102. The molecule has 0 radical (unpaired) electrons. The molecule has 0 aromatic heterocycles. The minimum Gasteiger partial charge on any atom is -0.394 e. The average molecular weight is 635 g/mol. The molecular formula is C36H58O9. The van der Waals surface area contributed by atoms with Gasteiger partial charge in [-0.15, -0.1) is 0 Å². The normalized spacial score (nSPS) is 51.5. The predicted octanol–water partition coefficient (Wildman–Crippen LogP) is 3.11. The first kappa shape index (κ1) is 34.0. The van der Waals surface area contributed by atoms with Gasteiger partial charge in [-0.25, -0.2) is 0 Å². The number of hydrogen-bond donors (Lipinski definition) is 6. The van der Waals surface area contributed by atoms with Gasteiger partial charge in [0.1, 0.15) is 24.4 Å².